The van der Waals surface area contributed by atoms with Crippen LogP contribution in [0.5, 0.6) is 0 Å². The number of sulfonamides is 1. The van der Waals surface area contributed by atoms with Gasteiger partial charge in [0.25, 0.3) is 0 Å². The number of hydrogen-bond donors (Lipinski definition) is 2. The van der Waals surface area contributed by atoms with E-state index in [0.29, 0.717) is 4.90 Å². The number of anilines is 1. The molecule has 0 bridgehead atoms. The van der Waals surface area contributed by atoms with Gasteiger partial charge in [-0.05, 0) is 31.0 Å². The van der Waals surface area contributed by atoms with Crippen LogP contribution < -0.4 is 10.0 Å². The minimum Gasteiger partial charge on any atom is -0.368 e. The van der Waals surface area contributed by atoms with Crippen LogP contribution in [-0.4, -0.2) is 14.6 Å². The van der Waals surface area contributed by atoms with Crippen molar-refractivity contribution in [2.24, 2.45) is 0 Å². The molecule has 30 heavy (non-hydrogen) atoms. The van der Waals surface area contributed by atoms with E-state index in [9.17, 15) is 8.42 Å². The Hall–Kier alpha value is -1.07. The quantitative estimate of drug-likeness (QED) is 0.268. The van der Waals surface area contributed by atoms with E-state index in [1.54, 1.807) is 6.07 Å². The predicted molar refractivity (Wildman–Crippen MR) is 128 cm³/mol. The first-order valence-corrected chi connectivity index (χ1v) is 13.9. The van der Waals surface area contributed by atoms with Crippen molar-refractivity contribution in [1.82, 2.24) is 4.72 Å². The Morgan fingerprint density at radius 1 is 0.767 bits per heavy atom. The second kappa shape index (κ2) is 14.1. The van der Waals surface area contributed by atoms with E-state index < -0.39 is 10.0 Å². The van der Waals surface area contributed by atoms with Gasteiger partial charge in [-0.15, -0.1) is 0 Å². The first-order valence-electron chi connectivity index (χ1n) is 12.4. The Kier molecular flexibility index (Phi) is 11.8. The van der Waals surface area contributed by atoms with Crippen LogP contribution in [0.3, 0.4) is 0 Å². The Balaban J connectivity index is 1.45. The summed E-state index contributed by atoms with van der Waals surface area (Å²) < 4.78 is 27.7. The van der Waals surface area contributed by atoms with Crippen LogP contribution in [0.1, 0.15) is 115 Å². The summed E-state index contributed by atoms with van der Waals surface area (Å²) in [7, 11) is -3.40. The molecule has 5 heteroatoms. The van der Waals surface area contributed by atoms with Crippen LogP contribution in [0.25, 0.3) is 0 Å². The molecule has 1 aromatic carbocycles. The molecule has 1 atom stereocenters. The number of fused-ring (bicyclic) bond motifs is 1. The third-order valence-corrected chi connectivity index (χ3v) is 7.66. The SMILES string of the molecule is CCCCCCCCCCCCCCCCCC1Nc2ccc(C)cc2S(=O)(=O)N1. The van der Waals surface area contributed by atoms with Gasteiger partial charge >= 0.3 is 0 Å². The lowest BCUT2D eigenvalue weighted by Gasteiger charge is -2.28. The van der Waals surface area contributed by atoms with E-state index in [2.05, 4.69) is 17.0 Å². The Morgan fingerprint density at radius 2 is 1.27 bits per heavy atom. The summed E-state index contributed by atoms with van der Waals surface area (Å²) >= 11 is 0. The first-order chi connectivity index (χ1) is 14.5. The van der Waals surface area contributed by atoms with Crippen LogP contribution in [0, 0.1) is 6.92 Å². The molecule has 1 aliphatic rings. The van der Waals surface area contributed by atoms with Crippen LogP contribution in [0.2, 0.25) is 0 Å². The van der Waals surface area contributed by atoms with Gasteiger partial charge in [0.1, 0.15) is 4.90 Å². The zero-order valence-electron chi connectivity index (χ0n) is 19.3. The molecule has 1 aliphatic heterocycles. The molecule has 0 spiro atoms. The van der Waals surface area contributed by atoms with Crippen LogP contribution in [0.15, 0.2) is 23.1 Å². The zero-order chi connectivity index (χ0) is 21.7. The number of rotatable bonds is 16. The maximum absolute atomic E-state index is 12.4. The molecule has 2 rings (SSSR count). The number of aryl methyl sites for hydroxylation is 1. The minimum absolute atomic E-state index is 0.188. The summed E-state index contributed by atoms with van der Waals surface area (Å²) in [6.45, 7) is 4.19. The summed E-state index contributed by atoms with van der Waals surface area (Å²) in [4.78, 5) is 0.371. The molecule has 172 valence electrons. The van der Waals surface area contributed by atoms with E-state index in [1.165, 1.54) is 89.9 Å². The molecule has 0 amide bonds. The van der Waals surface area contributed by atoms with Crippen molar-refractivity contribution in [1.29, 1.82) is 0 Å². The Morgan fingerprint density at radius 3 is 1.80 bits per heavy atom. The summed E-state index contributed by atoms with van der Waals surface area (Å²) in [6.07, 6.45) is 20.8. The van der Waals surface area contributed by atoms with Gasteiger partial charge in [0.15, 0.2) is 0 Å². The van der Waals surface area contributed by atoms with E-state index >= 15 is 0 Å². The Labute approximate surface area is 185 Å². The largest absolute Gasteiger partial charge is 0.368 e. The average molecular weight is 437 g/mol. The molecular formula is C25H44N2O2S. The van der Waals surface area contributed by atoms with Crippen molar-refractivity contribution >= 4 is 15.7 Å². The molecule has 2 N–H and O–H groups in total. The molecule has 0 saturated heterocycles. The molecule has 4 nitrogen and oxygen atoms in total. The normalized spacial score (nSPS) is 17.5. The van der Waals surface area contributed by atoms with Gasteiger partial charge < -0.3 is 5.32 Å². The van der Waals surface area contributed by atoms with Gasteiger partial charge in [-0.1, -0.05) is 109 Å². The van der Waals surface area contributed by atoms with E-state index in [1.807, 2.05) is 19.1 Å². The second-order valence-electron chi connectivity index (χ2n) is 9.06. The van der Waals surface area contributed by atoms with Gasteiger partial charge in [-0.25, -0.2) is 8.42 Å². The molecular weight excluding hydrogens is 392 g/mol. The standard InChI is InChI=1S/C25H44N2O2S/c1-3-4-5-6-7-8-9-10-11-12-13-14-15-16-17-18-25-26-23-20-19-22(2)21-24(23)30(28,29)27-25/h19-21,25-27H,3-18H2,1-2H3. The number of hydrogen-bond acceptors (Lipinski definition) is 3. The highest BCUT2D eigenvalue weighted by Gasteiger charge is 2.28. The molecule has 1 aromatic rings. The van der Waals surface area contributed by atoms with Crippen LogP contribution >= 0.6 is 0 Å². The fourth-order valence-corrected chi connectivity index (χ4v) is 5.73. The van der Waals surface area contributed by atoms with Crippen molar-refractivity contribution < 1.29 is 8.42 Å². The second-order valence-corrected chi connectivity index (χ2v) is 10.7. The number of nitrogens with one attached hydrogen (secondary N) is 2. The zero-order valence-corrected chi connectivity index (χ0v) is 20.2. The van der Waals surface area contributed by atoms with E-state index in [4.69, 9.17) is 0 Å². The topological polar surface area (TPSA) is 58.2 Å². The lowest BCUT2D eigenvalue weighted by molar-refractivity contribution is 0.505. The third kappa shape index (κ3) is 9.38. The molecule has 0 saturated carbocycles. The van der Waals surface area contributed by atoms with Crippen molar-refractivity contribution in [2.75, 3.05) is 5.32 Å². The Bertz CT molecular complexity index is 703. The molecule has 1 heterocycles. The average Bonchev–Trinajstić information content (AvgIpc) is 2.71. The molecule has 0 radical (unpaired) electrons. The first kappa shape index (κ1) is 25.2. The molecule has 1 unspecified atom stereocenters. The van der Waals surface area contributed by atoms with Gasteiger partial charge in [0.05, 0.1) is 11.9 Å². The predicted octanol–water partition coefficient (Wildman–Crippen LogP) is 7.29. The van der Waals surface area contributed by atoms with Crippen LogP contribution in [0.4, 0.5) is 5.69 Å². The molecule has 0 aliphatic carbocycles. The molecule has 0 fully saturated rings. The fourth-order valence-electron chi connectivity index (χ4n) is 4.29. The third-order valence-electron chi connectivity index (χ3n) is 6.15. The van der Waals surface area contributed by atoms with Crippen molar-refractivity contribution in [3.8, 4) is 0 Å². The van der Waals surface area contributed by atoms with Crippen molar-refractivity contribution in [2.45, 2.75) is 128 Å². The van der Waals surface area contributed by atoms with Gasteiger partial charge in [-0.2, -0.15) is 4.72 Å². The van der Waals surface area contributed by atoms with Crippen molar-refractivity contribution in [3.05, 3.63) is 23.8 Å². The highest BCUT2D eigenvalue weighted by molar-refractivity contribution is 7.89. The number of benzene rings is 1. The monoisotopic (exact) mass is 436 g/mol. The van der Waals surface area contributed by atoms with Crippen molar-refractivity contribution in [3.63, 3.8) is 0 Å². The summed E-state index contributed by atoms with van der Waals surface area (Å²) in [5, 5.41) is 3.34. The summed E-state index contributed by atoms with van der Waals surface area (Å²) in [6, 6.07) is 5.56. The van der Waals surface area contributed by atoms with Gasteiger partial charge in [-0.3, -0.25) is 0 Å². The van der Waals surface area contributed by atoms with E-state index in [0.717, 1.165) is 24.1 Å². The summed E-state index contributed by atoms with van der Waals surface area (Å²) in [5.74, 6) is 0. The lowest BCUT2D eigenvalue weighted by Crippen LogP contribution is -2.44. The smallest absolute Gasteiger partial charge is 0.244 e. The van der Waals surface area contributed by atoms with Gasteiger partial charge in [0.2, 0.25) is 10.0 Å². The maximum Gasteiger partial charge on any atom is 0.244 e. The van der Waals surface area contributed by atoms with E-state index in [-0.39, 0.29) is 6.17 Å². The molecule has 0 aromatic heterocycles. The van der Waals surface area contributed by atoms with Gasteiger partial charge in [0, 0.05) is 0 Å². The lowest BCUT2D eigenvalue weighted by atomic mass is 10.0. The number of unbranched alkanes of at least 4 members (excludes halogenated alkanes) is 14. The fraction of sp³-hybridized carbons (Fsp3) is 0.760. The highest BCUT2D eigenvalue weighted by atomic mass is 32.2. The maximum atomic E-state index is 12.4. The highest BCUT2D eigenvalue weighted by Crippen LogP contribution is 2.28. The van der Waals surface area contributed by atoms with Crippen LogP contribution in [-0.2, 0) is 10.0 Å². The summed E-state index contributed by atoms with van der Waals surface area (Å²) in [5.41, 5.74) is 1.69. The minimum atomic E-state index is -3.40.